The number of carboxylic acids is 1. The molecule has 4 rings (SSSR count). The molecule has 0 aromatic carbocycles. The van der Waals surface area contributed by atoms with Crippen molar-refractivity contribution in [3.05, 3.63) is 48.1 Å². The molecule has 2 heterocycles. The highest BCUT2D eigenvalue weighted by atomic mass is 16.7. The molecular weight excluding hydrogens is 436 g/mol. The zero-order valence-corrected chi connectivity index (χ0v) is 20.6. The molecule has 0 amide bonds. The Labute approximate surface area is 201 Å². The van der Waals surface area contributed by atoms with E-state index in [1.807, 2.05) is 32.1 Å². The summed E-state index contributed by atoms with van der Waals surface area (Å²) in [6, 6.07) is 0. The van der Waals surface area contributed by atoms with E-state index < -0.39 is 22.8 Å². The van der Waals surface area contributed by atoms with Crippen LogP contribution in [-0.4, -0.2) is 58.3 Å². The van der Waals surface area contributed by atoms with Crippen LogP contribution in [0.1, 0.15) is 47.0 Å². The smallest absolute Gasteiger partial charge is 0.333 e. The molecule has 4 aliphatic rings. The Hall–Kier alpha value is -2.22. The molecular formula is C27H36O7. The van der Waals surface area contributed by atoms with Gasteiger partial charge in [0.15, 0.2) is 0 Å². The van der Waals surface area contributed by atoms with Crippen molar-refractivity contribution in [2.45, 2.75) is 76.0 Å². The average Bonchev–Trinajstić information content (AvgIpc) is 3.71. The first-order chi connectivity index (χ1) is 16.0. The predicted octanol–water partition coefficient (Wildman–Crippen LogP) is 3.59. The summed E-state index contributed by atoms with van der Waals surface area (Å²) < 4.78 is 17.5. The van der Waals surface area contributed by atoms with E-state index >= 15 is 0 Å². The van der Waals surface area contributed by atoms with Gasteiger partial charge < -0.3 is 24.4 Å². The van der Waals surface area contributed by atoms with E-state index in [2.05, 4.69) is 13.8 Å². The van der Waals surface area contributed by atoms with Crippen LogP contribution in [-0.2, 0) is 23.8 Å². The van der Waals surface area contributed by atoms with Crippen molar-refractivity contribution in [2.75, 3.05) is 7.11 Å². The highest BCUT2D eigenvalue weighted by molar-refractivity contribution is 5.88. The van der Waals surface area contributed by atoms with E-state index in [0.717, 1.165) is 12.5 Å². The minimum absolute atomic E-state index is 0.0598. The van der Waals surface area contributed by atoms with Crippen molar-refractivity contribution < 1.29 is 34.0 Å². The third-order valence-corrected chi connectivity index (χ3v) is 8.70. The number of rotatable bonds is 8. The third-order valence-electron chi connectivity index (χ3n) is 8.70. The van der Waals surface area contributed by atoms with E-state index in [1.165, 1.54) is 13.2 Å². The summed E-state index contributed by atoms with van der Waals surface area (Å²) in [7, 11) is 1.39. The lowest BCUT2D eigenvalue weighted by Gasteiger charge is -2.51. The second-order valence-electron chi connectivity index (χ2n) is 10.4. The maximum absolute atomic E-state index is 12.5. The molecule has 2 aliphatic carbocycles. The number of carboxylic acid groups (broad SMARTS) is 1. The number of aliphatic hydroxyl groups is 1. The second-order valence-corrected chi connectivity index (χ2v) is 10.4. The average molecular weight is 473 g/mol. The normalized spacial score (nSPS) is 43.9. The van der Waals surface area contributed by atoms with E-state index in [1.54, 1.807) is 12.2 Å². The van der Waals surface area contributed by atoms with Crippen molar-refractivity contribution in [1.82, 2.24) is 0 Å². The number of hydrogen-bond donors (Lipinski definition) is 2. The van der Waals surface area contributed by atoms with Crippen molar-refractivity contribution >= 4 is 11.9 Å². The van der Waals surface area contributed by atoms with Gasteiger partial charge in [-0.2, -0.15) is 0 Å². The number of hydrogen-bond acceptors (Lipinski definition) is 6. The molecule has 2 saturated heterocycles. The first-order valence-corrected chi connectivity index (χ1v) is 12.1. The molecule has 186 valence electrons. The van der Waals surface area contributed by atoms with Crippen LogP contribution in [0.4, 0.5) is 0 Å². The number of epoxide rings is 2. The van der Waals surface area contributed by atoms with Gasteiger partial charge in [-0.1, -0.05) is 56.7 Å². The van der Waals surface area contributed by atoms with Gasteiger partial charge in [-0.3, -0.25) is 0 Å². The number of esters is 1. The fraction of sp³-hybridized carbons (Fsp3) is 0.630. The molecule has 7 nitrogen and oxygen atoms in total. The molecule has 34 heavy (non-hydrogen) atoms. The molecule has 0 bridgehead atoms. The SMILES string of the molecule is CCC(C)[C@H]1O[C@@]1(C)[C@@]1(O)C(/C=C/C=C/C=C/C(=O)O)[C@@H]2CC=C(C(=O)OC)C[C@H]2[C@@H]2O[C@@]21C. The molecule has 3 fully saturated rings. The highest BCUT2D eigenvalue weighted by Crippen LogP contribution is 2.70. The van der Waals surface area contributed by atoms with Gasteiger partial charge in [-0.15, -0.1) is 0 Å². The number of ether oxygens (including phenoxy) is 3. The monoisotopic (exact) mass is 472 g/mol. The molecule has 0 spiro atoms. The van der Waals surface area contributed by atoms with Gasteiger partial charge >= 0.3 is 11.9 Å². The van der Waals surface area contributed by atoms with Crippen molar-refractivity contribution in [3.8, 4) is 0 Å². The molecule has 2 unspecified atom stereocenters. The summed E-state index contributed by atoms with van der Waals surface area (Å²) in [6.07, 6.45) is 13.7. The summed E-state index contributed by atoms with van der Waals surface area (Å²) in [6.45, 7) is 8.24. The Kier molecular flexibility index (Phi) is 6.42. The Morgan fingerprint density at radius 3 is 2.53 bits per heavy atom. The standard InChI is InChI=1S/C27H36O7/c1-6-16(2)22-25(3,33-22)27(31)20(11-9-7-8-10-12-21(28)29)18-14-13-17(24(30)32-5)15-19(18)23-26(27,4)34-23/h7-13,16,18-20,22-23,31H,6,14-15H2,1-5H3,(H,28,29)/b8-7+,11-9+,12-10+/t16?,18-,19-,20?,22-,23+,25-,26+,27+/m1/s1. The molecule has 1 saturated carbocycles. The van der Waals surface area contributed by atoms with Crippen LogP contribution < -0.4 is 0 Å². The van der Waals surface area contributed by atoms with E-state index in [9.17, 15) is 14.7 Å². The van der Waals surface area contributed by atoms with Crippen LogP contribution in [0.2, 0.25) is 0 Å². The maximum atomic E-state index is 12.5. The zero-order chi connectivity index (χ0) is 24.9. The summed E-state index contributed by atoms with van der Waals surface area (Å²) in [5.41, 5.74) is -2.12. The molecule has 0 aromatic rings. The number of aliphatic carboxylic acids is 1. The van der Waals surface area contributed by atoms with Crippen LogP contribution in [0, 0.1) is 23.7 Å². The first-order valence-electron chi connectivity index (χ1n) is 12.1. The summed E-state index contributed by atoms with van der Waals surface area (Å²) in [5.74, 6) is -1.14. The largest absolute Gasteiger partial charge is 0.478 e. The molecule has 7 heteroatoms. The lowest BCUT2D eigenvalue weighted by molar-refractivity contribution is -0.145. The van der Waals surface area contributed by atoms with Crippen LogP contribution in [0.25, 0.3) is 0 Å². The van der Waals surface area contributed by atoms with Crippen molar-refractivity contribution in [1.29, 1.82) is 0 Å². The number of allylic oxidation sites excluding steroid dienone is 5. The fourth-order valence-electron chi connectivity index (χ4n) is 6.62. The lowest BCUT2D eigenvalue weighted by atomic mass is 9.52. The van der Waals surface area contributed by atoms with Crippen LogP contribution in [0.15, 0.2) is 48.1 Å². The van der Waals surface area contributed by atoms with Gasteiger partial charge in [0.2, 0.25) is 0 Å². The molecule has 2 aliphatic heterocycles. The quantitative estimate of drug-likeness (QED) is 0.240. The van der Waals surface area contributed by atoms with Crippen molar-refractivity contribution in [3.63, 3.8) is 0 Å². The molecule has 9 atom stereocenters. The zero-order valence-electron chi connectivity index (χ0n) is 20.6. The number of carbonyl (C=O) groups is 2. The Bertz CT molecular complexity index is 964. The van der Waals surface area contributed by atoms with Gasteiger partial charge in [0.25, 0.3) is 0 Å². The van der Waals surface area contributed by atoms with Gasteiger partial charge in [0, 0.05) is 17.6 Å². The predicted molar refractivity (Wildman–Crippen MR) is 126 cm³/mol. The molecule has 0 aromatic heterocycles. The Balaban J connectivity index is 1.70. The minimum atomic E-state index is -1.25. The lowest BCUT2D eigenvalue weighted by Crippen LogP contribution is -2.67. The summed E-state index contributed by atoms with van der Waals surface area (Å²) >= 11 is 0. The van der Waals surface area contributed by atoms with Crippen LogP contribution in [0.5, 0.6) is 0 Å². The van der Waals surface area contributed by atoms with Crippen molar-refractivity contribution in [2.24, 2.45) is 23.7 Å². The number of methoxy groups -OCH3 is 1. The third kappa shape index (κ3) is 3.69. The maximum Gasteiger partial charge on any atom is 0.333 e. The van der Waals surface area contributed by atoms with Crippen LogP contribution in [0.3, 0.4) is 0 Å². The Morgan fingerprint density at radius 1 is 1.18 bits per heavy atom. The Morgan fingerprint density at radius 2 is 1.88 bits per heavy atom. The fourth-order valence-corrected chi connectivity index (χ4v) is 6.62. The number of carbonyl (C=O) groups excluding carboxylic acids is 1. The van der Waals surface area contributed by atoms with Gasteiger partial charge in [0.05, 0.1) is 19.3 Å². The van der Waals surface area contributed by atoms with Gasteiger partial charge in [0.1, 0.15) is 16.8 Å². The first kappa shape index (κ1) is 24.9. The highest BCUT2D eigenvalue weighted by Gasteiger charge is 2.84. The topological polar surface area (TPSA) is 109 Å². The van der Waals surface area contributed by atoms with E-state index in [4.69, 9.17) is 19.3 Å². The minimum Gasteiger partial charge on any atom is -0.478 e. The van der Waals surface area contributed by atoms with Gasteiger partial charge in [-0.05, 0) is 44.4 Å². The summed E-state index contributed by atoms with van der Waals surface area (Å²) in [5, 5.41) is 21.3. The second kappa shape index (κ2) is 8.77. The van der Waals surface area contributed by atoms with Crippen LogP contribution >= 0.6 is 0 Å². The van der Waals surface area contributed by atoms with E-state index in [-0.39, 0.29) is 35.9 Å². The molecule has 0 radical (unpaired) electrons. The molecule has 2 N–H and O–H groups in total. The van der Waals surface area contributed by atoms with Gasteiger partial charge in [-0.25, -0.2) is 9.59 Å². The number of fused-ring (bicyclic) bond motifs is 3. The van der Waals surface area contributed by atoms with E-state index in [0.29, 0.717) is 24.3 Å². The summed E-state index contributed by atoms with van der Waals surface area (Å²) in [4.78, 5) is 22.9.